The smallest absolute Gasteiger partial charge is 0.131 e. The summed E-state index contributed by atoms with van der Waals surface area (Å²) in [6.45, 7) is 2.59. The molecule has 1 aliphatic rings. The van der Waals surface area contributed by atoms with Crippen LogP contribution in [0.5, 0.6) is 5.75 Å². The van der Waals surface area contributed by atoms with Crippen LogP contribution in [0.25, 0.3) is 11.1 Å². The van der Waals surface area contributed by atoms with Crippen molar-refractivity contribution in [2.75, 3.05) is 6.54 Å². The van der Waals surface area contributed by atoms with Gasteiger partial charge in [0.05, 0.1) is 5.02 Å². The van der Waals surface area contributed by atoms with Crippen LogP contribution in [0.2, 0.25) is 10.0 Å². The summed E-state index contributed by atoms with van der Waals surface area (Å²) in [5.74, 6) is 0.898. The van der Waals surface area contributed by atoms with E-state index in [1.165, 1.54) is 11.1 Å². The number of rotatable bonds is 2. The molecule has 0 amide bonds. The molecular formula is C16H15Cl2NO. The van der Waals surface area contributed by atoms with Crippen LogP contribution >= 0.6 is 23.2 Å². The van der Waals surface area contributed by atoms with Gasteiger partial charge in [0.25, 0.3) is 0 Å². The minimum Gasteiger partial charge on any atom is -0.488 e. The molecule has 1 aliphatic heterocycles. The fourth-order valence-electron chi connectivity index (χ4n) is 2.63. The zero-order valence-corrected chi connectivity index (χ0v) is 12.6. The SMILES string of the molecule is Cc1cc2c(c(-c3ccc(Cl)cc3Cl)c1)O[C@H](CN)C2. The molecule has 0 bridgehead atoms. The van der Waals surface area contributed by atoms with Crippen molar-refractivity contribution in [2.24, 2.45) is 5.73 Å². The van der Waals surface area contributed by atoms with Crippen molar-refractivity contribution in [1.82, 2.24) is 0 Å². The first-order chi connectivity index (χ1) is 9.58. The summed E-state index contributed by atoms with van der Waals surface area (Å²) in [5, 5.41) is 1.26. The Morgan fingerprint density at radius 2 is 2.00 bits per heavy atom. The molecule has 0 aliphatic carbocycles. The van der Waals surface area contributed by atoms with Gasteiger partial charge >= 0.3 is 0 Å². The molecule has 104 valence electrons. The van der Waals surface area contributed by atoms with Gasteiger partial charge in [-0.1, -0.05) is 35.3 Å². The third kappa shape index (κ3) is 2.39. The molecule has 0 unspecified atom stereocenters. The average molecular weight is 308 g/mol. The van der Waals surface area contributed by atoms with Crippen LogP contribution in [0.1, 0.15) is 11.1 Å². The standard InChI is InChI=1S/C16H15Cl2NO/c1-9-4-10-6-12(8-19)20-16(10)14(5-9)13-3-2-11(17)7-15(13)18/h2-5,7,12H,6,8,19H2,1H3/t12-/m0/s1. The van der Waals surface area contributed by atoms with Gasteiger partial charge in [-0.2, -0.15) is 0 Å². The Morgan fingerprint density at radius 3 is 2.70 bits per heavy atom. The molecule has 0 radical (unpaired) electrons. The number of hydrogen-bond donors (Lipinski definition) is 1. The second-order valence-corrected chi connectivity index (χ2v) is 5.95. The third-order valence-corrected chi connectivity index (χ3v) is 4.07. The second-order valence-electron chi connectivity index (χ2n) is 5.10. The van der Waals surface area contributed by atoms with Crippen molar-refractivity contribution in [3.63, 3.8) is 0 Å². The van der Waals surface area contributed by atoms with E-state index in [1.807, 2.05) is 12.1 Å². The van der Waals surface area contributed by atoms with Crippen molar-refractivity contribution < 1.29 is 4.74 Å². The number of benzene rings is 2. The predicted octanol–water partition coefficient (Wildman–Crippen LogP) is 4.23. The highest BCUT2D eigenvalue weighted by atomic mass is 35.5. The summed E-state index contributed by atoms with van der Waals surface area (Å²) in [6, 6.07) is 9.76. The Labute approximate surface area is 128 Å². The number of aryl methyl sites for hydroxylation is 1. The summed E-state index contributed by atoms with van der Waals surface area (Å²) >= 11 is 12.3. The van der Waals surface area contributed by atoms with Crippen molar-refractivity contribution in [2.45, 2.75) is 19.4 Å². The fourth-order valence-corrected chi connectivity index (χ4v) is 3.14. The molecule has 4 heteroatoms. The van der Waals surface area contributed by atoms with E-state index in [9.17, 15) is 0 Å². The molecule has 2 aromatic carbocycles. The van der Waals surface area contributed by atoms with E-state index in [4.69, 9.17) is 33.7 Å². The van der Waals surface area contributed by atoms with E-state index in [-0.39, 0.29) is 6.10 Å². The lowest BCUT2D eigenvalue weighted by molar-refractivity contribution is 0.242. The minimum atomic E-state index is 0.0524. The zero-order valence-electron chi connectivity index (χ0n) is 11.1. The molecule has 0 saturated heterocycles. The molecule has 0 spiro atoms. The van der Waals surface area contributed by atoms with Gasteiger partial charge in [-0.05, 0) is 36.2 Å². The predicted molar refractivity (Wildman–Crippen MR) is 83.8 cm³/mol. The van der Waals surface area contributed by atoms with Crippen LogP contribution in [0, 0.1) is 6.92 Å². The van der Waals surface area contributed by atoms with Crippen molar-refractivity contribution in [1.29, 1.82) is 0 Å². The number of ether oxygens (including phenoxy) is 1. The molecule has 0 saturated carbocycles. The van der Waals surface area contributed by atoms with Gasteiger partial charge in [0.15, 0.2) is 0 Å². The lowest BCUT2D eigenvalue weighted by Crippen LogP contribution is -2.24. The highest BCUT2D eigenvalue weighted by Crippen LogP contribution is 2.42. The number of nitrogens with two attached hydrogens (primary N) is 1. The summed E-state index contributed by atoms with van der Waals surface area (Å²) in [4.78, 5) is 0. The Hall–Kier alpha value is -1.22. The Balaban J connectivity index is 2.15. The molecule has 0 aromatic heterocycles. The molecule has 2 aromatic rings. The summed E-state index contributed by atoms with van der Waals surface area (Å²) < 4.78 is 5.97. The van der Waals surface area contributed by atoms with Gasteiger partial charge in [0, 0.05) is 29.1 Å². The maximum atomic E-state index is 6.32. The first-order valence-corrected chi connectivity index (χ1v) is 7.29. The Morgan fingerprint density at radius 1 is 1.20 bits per heavy atom. The summed E-state index contributed by atoms with van der Waals surface area (Å²) in [6.07, 6.45) is 0.905. The van der Waals surface area contributed by atoms with Crippen molar-refractivity contribution in [3.05, 3.63) is 51.5 Å². The van der Waals surface area contributed by atoms with Crippen LogP contribution in [-0.2, 0) is 6.42 Å². The molecule has 2 N–H and O–H groups in total. The van der Waals surface area contributed by atoms with E-state index in [2.05, 4.69) is 19.1 Å². The molecule has 20 heavy (non-hydrogen) atoms. The van der Waals surface area contributed by atoms with E-state index in [0.29, 0.717) is 16.6 Å². The van der Waals surface area contributed by atoms with Crippen LogP contribution in [0.15, 0.2) is 30.3 Å². The summed E-state index contributed by atoms with van der Waals surface area (Å²) in [7, 11) is 0. The minimum absolute atomic E-state index is 0.0524. The van der Waals surface area contributed by atoms with Gasteiger partial charge in [-0.3, -0.25) is 0 Å². The zero-order chi connectivity index (χ0) is 14.3. The maximum Gasteiger partial charge on any atom is 0.131 e. The third-order valence-electron chi connectivity index (χ3n) is 3.53. The van der Waals surface area contributed by atoms with Gasteiger partial charge in [-0.25, -0.2) is 0 Å². The summed E-state index contributed by atoms with van der Waals surface area (Å²) in [5.41, 5.74) is 10.1. The van der Waals surface area contributed by atoms with E-state index in [0.717, 1.165) is 23.3 Å². The van der Waals surface area contributed by atoms with Crippen LogP contribution in [0.3, 0.4) is 0 Å². The topological polar surface area (TPSA) is 35.2 Å². The lowest BCUT2D eigenvalue weighted by Gasteiger charge is -2.13. The lowest BCUT2D eigenvalue weighted by atomic mass is 9.98. The van der Waals surface area contributed by atoms with Gasteiger partial charge in [-0.15, -0.1) is 0 Å². The molecule has 1 heterocycles. The molecular weight excluding hydrogens is 293 g/mol. The van der Waals surface area contributed by atoms with Gasteiger partial charge in [0.2, 0.25) is 0 Å². The van der Waals surface area contributed by atoms with Crippen LogP contribution in [-0.4, -0.2) is 12.6 Å². The molecule has 1 atom stereocenters. The number of hydrogen-bond acceptors (Lipinski definition) is 2. The normalized spacial score (nSPS) is 16.9. The molecule has 0 fully saturated rings. The first-order valence-electron chi connectivity index (χ1n) is 6.54. The van der Waals surface area contributed by atoms with E-state index >= 15 is 0 Å². The number of fused-ring (bicyclic) bond motifs is 1. The quantitative estimate of drug-likeness (QED) is 0.901. The molecule has 2 nitrogen and oxygen atoms in total. The monoisotopic (exact) mass is 307 g/mol. The Bertz CT molecular complexity index is 670. The fraction of sp³-hybridized carbons (Fsp3) is 0.250. The van der Waals surface area contributed by atoms with Crippen molar-refractivity contribution >= 4 is 23.2 Å². The number of halogens is 2. The second kappa shape index (κ2) is 5.28. The molecule has 3 rings (SSSR count). The van der Waals surface area contributed by atoms with Crippen molar-refractivity contribution in [3.8, 4) is 16.9 Å². The van der Waals surface area contributed by atoms with E-state index < -0.39 is 0 Å². The first kappa shape index (κ1) is 13.7. The highest BCUT2D eigenvalue weighted by Gasteiger charge is 2.26. The van der Waals surface area contributed by atoms with Gasteiger partial charge in [0.1, 0.15) is 11.9 Å². The van der Waals surface area contributed by atoms with Crippen LogP contribution in [0.4, 0.5) is 0 Å². The highest BCUT2D eigenvalue weighted by molar-refractivity contribution is 6.36. The largest absolute Gasteiger partial charge is 0.488 e. The van der Waals surface area contributed by atoms with E-state index in [1.54, 1.807) is 6.07 Å². The van der Waals surface area contributed by atoms with Gasteiger partial charge < -0.3 is 10.5 Å². The van der Waals surface area contributed by atoms with Crippen LogP contribution < -0.4 is 10.5 Å². The maximum absolute atomic E-state index is 6.32. The Kier molecular flexibility index (Phi) is 3.63. The average Bonchev–Trinajstić information content (AvgIpc) is 2.81.